The van der Waals surface area contributed by atoms with Crippen LogP contribution in [-0.2, 0) is 37.3 Å². The first-order valence-corrected chi connectivity index (χ1v) is 23.9. The van der Waals surface area contributed by atoms with Crippen molar-refractivity contribution >= 4 is 11.0 Å². The van der Waals surface area contributed by atoms with E-state index in [0.717, 1.165) is 50.1 Å². The molecule has 0 aliphatic carbocycles. The minimum absolute atomic E-state index is 0. The van der Waals surface area contributed by atoms with Crippen LogP contribution in [0.15, 0.2) is 158 Å². The van der Waals surface area contributed by atoms with Crippen LogP contribution in [0.5, 0.6) is 5.75 Å². The van der Waals surface area contributed by atoms with Gasteiger partial charge in [-0.1, -0.05) is 222 Å². The number of hydrogen-bond donors (Lipinski definition) is 1. The molecule has 5 heteroatoms. The van der Waals surface area contributed by atoms with Crippen LogP contribution in [-0.4, -0.2) is 19.6 Å². The molecule has 2 heterocycles. The van der Waals surface area contributed by atoms with Crippen molar-refractivity contribution in [3.63, 3.8) is 0 Å². The summed E-state index contributed by atoms with van der Waals surface area (Å²) in [6.07, 6.45) is 1.42. The second kappa shape index (κ2) is 19.7. The summed E-state index contributed by atoms with van der Waals surface area (Å²) in [6, 6.07) is 41.7. The molecule has 1 N–H and O–H groups in total. The fraction of sp³-hybridized carbons (Fsp3) is 0.273. The second-order valence-corrected chi connectivity index (χ2v) is 21.1. The van der Waals surface area contributed by atoms with Crippen molar-refractivity contribution in [2.75, 3.05) is 0 Å². The molecule has 0 saturated carbocycles. The van der Waals surface area contributed by atoms with Gasteiger partial charge in [0.2, 0.25) is 0 Å². The maximum absolute atomic E-state index is 12.5. The Labute approximate surface area is 455 Å². The first kappa shape index (κ1) is 36.6. The molecule has 0 spiro atoms. The summed E-state index contributed by atoms with van der Waals surface area (Å²) in [6.45, 7) is 10.1. The minimum atomic E-state index is -3.82. The minimum Gasteiger partial charge on any atom is -0.507 e. The quantitative estimate of drug-likeness (QED) is 0.147. The number of aromatic nitrogens is 3. The number of nitrogens with zero attached hydrogens (tertiary/aromatic N) is 3. The van der Waals surface area contributed by atoms with Crippen molar-refractivity contribution in [1.82, 2.24) is 14.5 Å². The molecule has 9 aromatic rings. The molecular formula is C66H68N3OPt-. The molecule has 364 valence electrons. The summed E-state index contributed by atoms with van der Waals surface area (Å²) in [5.41, 5.74) is 7.03. The van der Waals surface area contributed by atoms with E-state index in [4.69, 9.17) is 25.0 Å². The number of para-hydroxylation sites is 1. The molecule has 4 nitrogen and oxygen atoms in total. The van der Waals surface area contributed by atoms with Gasteiger partial charge in [-0.25, -0.2) is 4.98 Å². The molecule has 0 bridgehead atoms. The molecule has 0 amide bonds. The third-order valence-corrected chi connectivity index (χ3v) is 13.1. The molecule has 0 unspecified atom stereocenters. The van der Waals surface area contributed by atoms with E-state index in [1.807, 2.05) is 66.7 Å². The third kappa shape index (κ3) is 10.4. The number of pyridine rings is 1. The Morgan fingerprint density at radius 2 is 1.24 bits per heavy atom. The van der Waals surface area contributed by atoms with Crippen molar-refractivity contribution in [3.8, 4) is 78.6 Å². The Hall–Kier alpha value is -6.35. The van der Waals surface area contributed by atoms with Crippen molar-refractivity contribution in [2.24, 2.45) is 0 Å². The van der Waals surface area contributed by atoms with Gasteiger partial charge >= 0.3 is 0 Å². The first-order chi connectivity index (χ1) is 38.6. The van der Waals surface area contributed by atoms with Gasteiger partial charge in [-0.3, -0.25) is 9.55 Å². The van der Waals surface area contributed by atoms with Crippen molar-refractivity contribution in [1.29, 1.82) is 0 Å². The molecule has 7 aromatic carbocycles. The monoisotopic (exact) mass is 1130 g/mol. The van der Waals surface area contributed by atoms with Crippen LogP contribution in [0.1, 0.15) is 147 Å². The van der Waals surface area contributed by atoms with E-state index in [0.29, 0.717) is 39.3 Å². The van der Waals surface area contributed by atoms with E-state index in [9.17, 15) is 7.85 Å². The van der Waals surface area contributed by atoms with E-state index in [1.54, 1.807) is 6.07 Å². The largest absolute Gasteiger partial charge is 0.507 e. The summed E-state index contributed by atoms with van der Waals surface area (Å²) in [5.74, 6) is 0.767. The van der Waals surface area contributed by atoms with Crippen molar-refractivity contribution < 1.29 is 44.0 Å². The number of imidazole rings is 1. The van der Waals surface area contributed by atoms with Gasteiger partial charge in [-0.15, -0.1) is 23.8 Å². The Kier molecular flexibility index (Phi) is 10.1. The molecule has 0 saturated heterocycles. The topological polar surface area (TPSA) is 50.9 Å². The maximum Gasteiger partial charge on any atom is 0.148 e. The summed E-state index contributed by atoms with van der Waals surface area (Å²) in [5, 5.41) is 12.5. The van der Waals surface area contributed by atoms with E-state index < -0.39 is 55.7 Å². The molecule has 0 aliphatic rings. The van der Waals surface area contributed by atoms with Crippen LogP contribution in [0.3, 0.4) is 0 Å². The average Bonchev–Trinajstić information content (AvgIpc) is 0.759. The number of hydrogen-bond acceptors (Lipinski definition) is 3. The maximum atomic E-state index is 12.5. The van der Waals surface area contributed by atoms with Crippen LogP contribution in [0.25, 0.3) is 83.9 Å². The van der Waals surface area contributed by atoms with Gasteiger partial charge in [0.25, 0.3) is 0 Å². The van der Waals surface area contributed by atoms with Crippen LogP contribution < -0.4 is 0 Å². The number of phenols is 1. The fourth-order valence-electron chi connectivity index (χ4n) is 8.97. The predicted molar refractivity (Wildman–Crippen MR) is 296 cm³/mol. The van der Waals surface area contributed by atoms with Gasteiger partial charge in [0.15, 0.2) is 0 Å². The number of aromatic hydroxyl groups is 1. The predicted octanol–water partition coefficient (Wildman–Crippen LogP) is 18.1. The zero-order valence-corrected chi connectivity index (χ0v) is 44.2. The molecule has 71 heavy (non-hydrogen) atoms. The zero-order valence-electron chi connectivity index (χ0n) is 55.0. The summed E-state index contributed by atoms with van der Waals surface area (Å²) < 4.78 is 113. The SMILES string of the molecule is [2H]c1c([2H])c(C(C([2H])([2H])[2H])(C([2H])([2H])[2H])C([2H])([2H])[2H])c([2H])c([2H])c1-c1ccnc(-c2[c-]c(-c3cccc4c3nc(-c3cc(C(C)C)cc(C(C)C)c3O)n4-c3cc(C(C)(C)C)ccc3-c3ccc(C(C)(C)C)cc3)cc(-c3ccccc3)c2)c1.[Pt]. The van der Waals surface area contributed by atoms with Crippen LogP contribution in [0, 0.1) is 6.07 Å². The van der Waals surface area contributed by atoms with Crippen LogP contribution in [0.4, 0.5) is 0 Å². The number of phenolic OH excluding ortho intramolecular Hbond substituents is 1. The number of rotatable bonds is 9. The summed E-state index contributed by atoms with van der Waals surface area (Å²) in [4.78, 5) is 10.4. The molecular weight excluding hydrogens is 1050 g/mol. The van der Waals surface area contributed by atoms with Gasteiger partial charge in [0.05, 0.1) is 27.8 Å². The first-order valence-electron chi connectivity index (χ1n) is 30.4. The van der Waals surface area contributed by atoms with Gasteiger partial charge in [-0.2, -0.15) is 0 Å². The Morgan fingerprint density at radius 1 is 0.563 bits per heavy atom. The van der Waals surface area contributed by atoms with Crippen LogP contribution >= 0.6 is 0 Å². The molecule has 2 aromatic heterocycles. The van der Waals surface area contributed by atoms with Gasteiger partial charge in [0.1, 0.15) is 11.6 Å². The second-order valence-electron chi connectivity index (χ2n) is 21.1. The van der Waals surface area contributed by atoms with Crippen molar-refractivity contribution in [2.45, 2.75) is 118 Å². The smallest absolute Gasteiger partial charge is 0.148 e. The zero-order chi connectivity index (χ0) is 60.8. The van der Waals surface area contributed by atoms with Gasteiger partial charge < -0.3 is 5.11 Å². The third-order valence-electron chi connectivity index (χ3n) is 13.1. The molecule has 0 atom stereocenters. The Bertz CT molecular complexity index is 3900. The summed E-state index contributed by atoms with van der Waals surface area (Å²) in [7, 11) is 0. The summed E-state index contributed by atoms with van der Waals surface area (Å²) >= 11 is 0. The van der Waals surface area contributed by atoms with E-state index in [1.165, 1.54) is 17.8 Å². The van der Waals surface area contributed by atoms with E-state index in [-0.39, 0.29) is 60.6 Å². The van der Waals surface area contributed by atoms with E-state index >= 15 is 0 Å². The molecule has 0 radical (unpaired) electrons. The van der Waals surface area contributed by atoms with Crippen LogP contribution in [0.2, 0.25) is 0 Å². The average molecular weight is 1130 g/mol. The number of benzene rings is 7. The molecule has 0 aliphatic heterocycles. The van der Waals surface area contributed by atoms with Crippen molar-refractivity contribution in [3.05, 3.63) is 192 Å². The van der Waals surface area contributed by atoms with Gasteiger partial charge in [0, 0.05) is 50.9 Å². The normalized spacial score (nSPS) is 15.4. The standard InChI is InChI=1S/C66H68N3O.Pt/c1-41(2)47-37-56(42(3)4)62(70)57(38-47)63-68-61-55(20-17-21-59(61)69(63)60-40-53(66(11,12)13)30-31-54(60)45-24-28-52(29-25-45)65(8,9)10)49-34-48(43-18-15-14-16-19-43)35-50(36-49)58-39-46(32-33-67-58)44-22-26-51(27-23-44)64(5,6)7;/h14-35,37-42,70H,1-13H3;/q-1;/i5D3,6D3,7D3,22D,23D,26D,27D;. The Morgan fingerprint density at radius 3 is 1.89 bits per heavy atom. The molecule has 0 fully saturated rings. The van der Waals surface area contributed by atoms with E-state index in [2.05, 4.69) is 128 Å². The van der Waals surface area contributed by atoms with Gasteiger partial charge in [-0.05, 0) is 102 Å². The Balaban J connectivity index is 0.00000920. The fourth-order valence-corrected chi connectivity index (χ4v) is 8.97. The molecule has 9 rings (SSSR count). The number of fused-ring (bicyclic) bond motifs is 1.